The summed E-state index contributed by atoms with van der Waals surface area (Å²) in [6, 6.07) is 14.9. The zero-order valence-electron chi connectivity index (χ0n) is 17.0. The average molecular weight is 383 g/mol. The molecule has 0 aliphatic heterocycles. The molecule has 5 nitrogen and oxygen atoms in total. The molecule has 2 rings (SSSR count). The molecule has 0 aliphatic rings. The summed E-state index contributed by atoms with van der Waals surface area (Å²) in [6.07, 6.45) is 4.37. The number of para-hydroxylation sites is 1. The molecule has 0 atom stereocenters. The van der Waals surface area contributed by atoms with Crippen LogP contribution in [0.1, 0.15) is 48.5 Å². The fraction of sp³-hybridized carbons (Fsp3) is 0.391. The Morgan fingerprint density at radius 1 is 1.00 bits per heavy atom. The number of amides is 2. The van der Waals surface area contributed by atoms with Gasteiger partial charge in [-0.15, -0.1) is 0 Å². The number of rotatable bonds is 10. The molecule has 0 spiro atoms. The fourth-order valence-electron chi connectivity index (χ4n) is 2.74. The smallest absolute Gasteiger partial charge is 0.259 e. The number of aryl methyl sites for hydroxylation is 1. The highest BCUT2D eigenvalue weighted by molar-refractivity contribution is 6.06. The maximum absolute atomic E-state index is 12.7. The summed E-state index contributed by atoms with van der Waals surface area (Å²) in [7, 11) is 3.51. The van der Waals surface area contributed by atoms with Gasteiger partial charge in [0, 0.05) is 26.2 Å². The second-order valence-electron chi connectivity index (χ2n) is 6.99. The molecule has 0 saturated heterocycles. The minimum absolute atomic E-state index is 0.105. The highest BCUT2D eigenvalue weighted by Crippen LogP contribution is 2.20. The minimum Gasteiger partial charge on any atom is -0.493 e. The first-order chi connectivity index (χ1) is 13.5. The first-order valence-electron chi connectivity index (χ1n) is 9.83. The maximum atomic E-state index is 12.7. The lowest BCUT2D eigenvalue weighted by Crippen LogP contribution is -2.21. The Kier molecular flexibility index (Phi) is 8.53. The summed E-state index contributed by atoms with van der Waals surface area (Å²) in [4.78, 5) is 25.9. The van der Waals surface area contributed by atoms with Crippen molar-refractivity contribution in [1.29, 1.82) is 0 Å². The van der Waals surface area contributed by atoms with E-state index >= 15 is 0 Å². The molecule has 0 saturated carbocycles. The van der Waals surface area contributed by atoms with E-state index in [1.807, 2.05) is 42.5 Å². The average Bonchev–Trinajstić information content (AvgIpc) is 2.70. The van der Waals surface area contributed by atoms with Crippen molar-refractivity contribution in [3.63, 3.8) is 0 Å². The number of nitrogens with one attached hydrogen (secondary N) is 1. The van der Waals surface area contributed by atoms with Gasteiger partial charge in [-0.3, -0.25) is 9.59 Å². The third-order valence-corrected chi connectivity index (χ3v) is 4.48. The number of carbonyl (C=O) groups is 2. The quantitative estimate of drug-likeness (QED) is 0.614. The zero-order chi connectivity index (χ0) is 20.4. The van der Waals surface area contributed by atoms with E-state index in [9.17, 15) is 9.59 Å². The van der Waals surface area contributed by atoms with Crippen LogP contribution in [0.15, 0.2) is 48.5 Å². The first-order valence-corrected chi connectivity index (χ1v) is 9.83. The first kappa shape index (κ1) is 21.5. The molecule has 150 valence electrons. The fourth-order valence-corrected chi connectivity index (χ4v) is 2.74. The minimum atomic E-state index is -0.193. The number of unbranched alkanes of at least 4 members (excludes halogenated alkanes) is 2. The van der Waals surface area contributed by atoms with Crippen molar-refractivity contribution >= 4 is 17.5 Å². The molecule has 0 fully saturated rings. The van der Waals surface area contributed by atoms with E-state index in [2.05, 4.69) is 12.2 Å². The van der Waals surface area contributed by atoms with Crippen molar-refractivity contribution in [3.8, 4) is 5.75 Å². The van der Waals surface area contributed by atoms with Gasteiger partial charge >= 0.3 is 0 Å². The van der Waals surface area contributed by atoms with Crippen molar-refractivity contribution in [1.82, 2.24) is 4.90 Å². The molecule has 2 aromatic rings. The van der Waals surface area contributed by atoms with Gasteiger partial charge in [0.25, 0.3) is 5.91 Å². The molecule has 0 unspecified atom stereocenters. The summed E-state index contributed by atoms with van der Waals surface area (Å²) in [6.45, 7) is 2.76. The predicted octanol–water partition coefficient (Wildman–Crippen LogP) is 4.53. The van der Waals surface area contributed by atoms with Crippen molar-refractivity contribution in [2.45, 2.75) is 39.0 Å². The Bertz CT molecular complexity index is 770. The third-order valence-electron chi connectivity index (χ3n) is 4.48. The molecule has 1 N–H and O–H groups in total. The van der Waals surface area contributed by atoms with Gasteiger partial charge in [-0.1, -0.05) is 44.0 Å². The van der Waals surface area contributed by atoms with Crippen molar-refractivity contribution in [2.75, 3.05) is 26.0 Å². The van der Waals surface area contributed by atoms with Crippen LogP contribution in [0, 0.1) is 0 Å². The van der Waals surface area contributed by atoms with Gasteiger partial charge in [0.15, 0.2) is 0 Å². The molecular formula is C23H30N2O3. The summed E-state index contributed by atoms with van der Waals surface area (Å²) in [5.41, 5.74) is 2.31. The standard InChI is InChI=1S/C23H30N2O3/c1-4-5-8-17-28-21-10-7-6-9-20(21)23(27)24-19-14-11-18(12-15-19)13-16-22(26)25(2)3/h6-7,9-12,14-15H,4-5,8,13,16-17H2,1-3H3,(H,24,27). The number of anilines is 1. The monoisotopic (exact) mass is 382 g/mol. The topological polar surface area (TPSA) is 58.6 Å². The Balaban J connectivity index is 1.94. The molecule has 5 heteroatoms. The van der Waals surface area contributed by atoms with Gasteiger partial charge in [0.2, 0.25) is 5.91 Å². The number of carbonyl (C=O) groups excluding carboxylic acids is 2. The van der Waals surface area contributed by atoms with Crippen LogP contribution in [-0.4, -0.2) is 37.4 Å². The molecule has 0 aromatic heterocycles. The SMILES string of the molecule is CCCCCOc1ccccc1C(=O)Nc1ccc(CCC(=O)N(C)C)cc1. The van der Waals surface area contributed by atoms with Crippen LogP contribution < -0.4 is 10.1 Å². The molecular weight excluding hydrogens is 352 g/mol. The van der Waals surface area contributed by atoms with E-state index in [4.69, 9.17) is 4.74 Å². The molecule has 2 aromatic carbocycles. The Labute approximate surface area is 167 Å². The van der Waals surface area contributed by atoms with Crippen molar-refractivity contribution in [2.24, 2.45) is 0 Å². The van der Waals surface area contributed by atoms with Crippen LogP contribution in [0.25, 0.3) is 0 Å². The third kappa shape index (κ3) is 6.72. The lowest BCUT2D eigenvalue weighted by molar-refractivity contribution is -0.128. The van der Waals surface area contributed by atoms with E-state index in [0.29, 0.717) is 36.4 Å². The van der Waals surface area contributed by atoms with Gasteiger partial charge in [0.1, 0.15) is 5.75 Å². The lowest BCUT2D eigenvalue weighted by Gasteiger charge is -2.12. The molecule has 0 radical (unpaired) electrons. The van der Waals surface area contributed by atoms with Gasteiger partial charge in [-0.05, 0) is 42.7 Å². The maximum Gasteiger partial charge on any atom is 0.259 e. The second-order valence-corrected chi connectivity index (χ2v) is 6.99. The Morgan fingerprint density at radius 3 is 2.39 bits per heavy atom. The van der Waals surface area contributed by atoms with Crippen molar-refractivity contribution in [3.05, 3.63) is 59.7 Å². The molecule has 28 heavy (non-hydrogen) atoms. The molecule has 0 heterocycles. The van der Waals surface area contributed by atoms with E-state index in [1.165, 1.54) is 0 Å². The van der Waals surface area contributed by atoms with E-state index in [1.54, 1.807) is 25.1 Å². The van der Waals surface area contributed by atoms with Crippen LogP contribution in [-0.2, 0) is 11.2 Å². The summed E-state index contributed by atoms with van der Waals surface area (Å²) in [5.74, 6) is 0.518. The normalized spacial score (nSPS) is 10.4. The molecule has 0 aliphatic carbocycles. The number of hydrogen-bond donors (Lipinski definition) is 1. The van der Waals surface area contributed by atoms with Gasteiger partial charge in [-0.2, -0.15) is 0 Å². The van der Waals surface area contributed by atoms with Crippen LogP contribution in [0.2, 0.25) is 0 Å². The summed E-state index contributed by atoms with van der Waals surface area (Å²) < 4.78 is 5.79. The van der Waals surface area contributed by atoms with Gasteiger partial charge < -0.3 is 15.0 Å². The second kappa shape index (κ2) is 11.1. The van der Waals surface area contributed by atoms with Crippen LogP contribution in [0.3, 0.4) is 0 Å². The highest BCUT2D eigenvalue weighted by Gasteiger charge is 2.12. The summed E-state index contributed by atoms with van der Waals surface area (Å²) >= 11 is 0. The predicted molar refractivity (Wildman–Crippen MR) is 113 cm³/mol. The molecule has 0 bridgehead atoms. The Morgan fingerprint density at radius 2 is 1.71 bits per heavy atom. The van der Waals surface area contributed by atoms with Crippen molar-refractivity contribution < 1.29 is 14.3 Å². The van der Waals surface area contributed by atoms with Crippen LogP contribution in [0.5, 0.6) is 5.75 Å². The van der Waals surface area contributed by atoms with E-state index < -0.39 is 0 Å². The number of hydrogen-bond acceptors (Lipinski definition) is 3. The number of benzene rings is 2. The Hall–Kier alpha value is -2.82. The van der Waals surface area contributed by atoms with Crippen LogP contribution >= 0.6 is 0 Å². The van der Waals surface area contributed by atoms with E-state index in [0.717, 1.165) is 24.8 Å². The summed E-state index contributed by atoms with van der Waals surface area (Å²) in [5, 5.41) is 2.92. The van der Waals surface area contributed by atoms with Crippen LogP contribution in [0.4, 0.5) is 5.69 Å². The molecule has 2 amide bonds. The number of ether oxygens (including phenoxy) is 1. The van der Waals surface area contributed by atoms with Gasteiger partial charge in [-0.25, -0.2) is 0 Å². The van der Waals surface area contributed by atoms with E-state index in [-0.39, 0.29) is 11.8 Å². The lowest BCUT2D eigenvalue weighted by atomic mass is 10.1. The highest BCUT2D eigenvalue weighted by atomic mass is 16.5. The van der Waals surface area contributed by atoms with Gasteiger partial charge in [0.05, 0.1) is 12.2 Å². The largest absolute Gasteiger partial charge is 0.493 e. The zero-order valence-corrected chi connectivity index (χ0v) is 17.0. The number of nitrogens with zero attached hydrogens (tertiary/aromatic N) is 1.